The maximum absolute atomic E-state index is 12.8. The van der Waals surface area contributed by atoms with Gasteiger partial charge in [0.1, 0.15) is 9.90 Å². The molecule has 2 aromatic heterocycles. The van der Waals surface area contributed by atoms with Crippen molar-refractivity contribution in [3.8, 4) is 10.6 Å². The van der Waals surface area contributed by atoms with E-state index in [-0.39, 0.29) is 46.4 Å². The maximum Gasteiger partial charge on any atom is 0.452 e. The Morgan fingerprint density at radius 1 is 1.36 bits per heavy atom. The highest BCUT2D eigenvalue weighted by Gasteiger charge is 2.37. The number of nitrogens with zero attached hydrogens (tertiary/aromatic N) is 2. The lowest BCUT2D eigenvalue weighted by atomic mass is 9.98. The Labute approximate surface area is 163 Å². The molecule has 0 amide bonds. The Bertz CT molecular complexity index is 944. The van der Waals surface area contributed by atoms with E-state index < -0.39 is 22.0 Å². The Hall–Kier alpha value is -1.92. The fourth-order valence-electron chi connectivity index (χ4n) is 2.84. The fourth-order valence-corrected chi connectivity index (χ4v) is 5.72. The van der Waals surface area contributed by atoms with Crippen molar-refractivity contribution in [1.82, 2.24) is 9.46 Å². The van der Waals surface area contributed by atoms with Crippen LogP contribution in [0.15, 0.2) is 26.9 Å². The SMILES string of the molecule is CCOC(=O)C1CCN(S(=O)(=O)c2ccc(-c3cc(C(F)(F)F)on3)s2)CC1. The standard InChI is InChI=1S/C16H17F3N2O5S2/c1-2-25-15(22)10-5-7-21(8-6-10)28(23,24)14-4-3-12(27-14)11-9-13(26-20-11)16(17,18)19/h3-4,9-10H,2,5-8H2,1H3. The summed E-state index contributed by atoms with van der Waals surface area (Å²) in [6.45, 7) is 2.31. The van der Waals surface area contributed by atoms with E-state index in [1.807, 2.05) is 0 Å². The van der Waals surface area contributed by atoms with Gasteiger partial charge in [0.2, 0.25) is 5.76 Å². The zero-order chi connectivity index (χ0) is 20.5. The van der Waals surface area contributed by atoms with Crippen LogP contribution in [0, 0.1) is 5.92 Å². The summed E-state index contributed by atoms with van der Waals surface area (Å²) in [5.74, 6) is -1.91. The van der Waals surface area contributed by atoms with Crippen molar-refractivity contribution in [3.63, 3.8) is 0 Å². The van der Waals surface area contributed by atoms with E-state index >= 15 is 0 Å². The van der Waals surface area contributed by atoms with Gasteiger partial charge in [-0.15, -0.1) is 11.3 Å². The second kappa shape index (κ2) is 7.84. The topological polar surface area (TPSA) is 89.7 Å². The molecule has 0 N–H and O–H groups in total. The lowest BCUT2D eigenvalue weighted by Gasteiger charge is -2.29. The third-order valence-corrected chi connectivity index (χ3v) is 7.77. The molecule has 0 bridgehead atoms. The number of piperidine rings is 1. The highest BCUT2D eigenvalue weighted by Crippen LogP contribution is 2.36. The lowest BCUT2D eigenvalue weighted by molar-refractivity contribution is -0.155. The molecule has 0 radical (unpaired) electrons. The van der Waals surface area contributed by atoms with Gasteiger partial charge in [-0.25, -0.2) is 8.42 Å². The van der Waals surface area contributed by atoms with Crippen molar-refractivity contribution in [2.75, 3.05) is 19.7 Å². The molecule has 0 spiro atoms. The van der Waals surface area contributed by atoms with Gasteiger partial charge in [-0.1, -0.05) is 5.16 Å². The average Bonchev–Trinajstić information content (AvgIpc) is 3.31. The van der Waals surface area contributed by atoms with Gasteiger partial charge < -0.3 is 9.26 Å². The summed E-state index contributed by atoms with van der Waals surface area (Å²) in [4.78, 5) is 12.0. The van der Waals surface area contributed by atoms with Crippen LogP contribution < -0.4 is 0 Å². The van der Waals surface area contributed by atoms with Gasteiger partial charge in [0.05, 0.1) is 17.4 Å². The number of hydrogen-bond acceptors (Lipinski definition) is 7. The van der Waals surface area contributed by atoms with E-state index in [0.29, 0.717) is 12.8 Å². The molecule has 3 rings (SSSR count). The number of carbonyl (C=O) groups is 1. The van der Waals surface area contributed by atoms with Crippen LogP contribution in [0.3, 0.4) is 0 Å². The third-order valence-electron chi connectivity index (χ3n) is 4.29. The third kappa shape index (κ3) is 4.23. The van der Waals surface area contributed by atoms with Crippen molar-refractivity contribution in [2.24, 2.45) is 5.92 Å². The van der Waals surface area contributed by atoms with Gasteiger partial charge in [-0.2, -0.15) is 17.5 Å². The number of esters is 1. The van der Waals surface area contributed by atoms with Crippen LogP contribution in [-0.2, 0) is 25.7 Å². The van der Waals surface area contributed by atoms with Crippen molar-refractivity contribution in [2.45, 2.75) is 30.2 Å². The highest BCUT2D eigenvalue weighted by atomic mass is 32.2. The fraction of sp³-hybridized carbons (Fsp3) is 0.500. The minimum Gasteiger partial charge on any atom is -0.466 e. The van der Waals surface area contributed by atoms with E-state index in [2.05, 4.69) is 9.68 Å². The van der Waals surface area contributed by atoms with Crippen LogP contribution in [0.1, 0.15) is 25.5 Å². The van der Waals surface area contributed by atoms with Crippen LogP contribution in [0.5, 0.6) is 0 Å². The van der Waals surface area contributed by atoms with Gasteiger partial charge in [0, 0.05) is 19.2 Å². The lowest BCUT2D eigenvalue weighted by Crippen LogP contribution is -2.40. The average molecular weight is 438 g/mol. The van der Waals surface area contributed by atoms with E-state index in [1.54, 1.807) is 6.92 Å². The zero-order valence-electron chi connectivity index (χ0n) is 14.7. The molecular weight excluding hydrogens is 421 g/mol. The molecule has 1 fully saturated rings. The number of halogens is 3. The first kappa shape index (κ1) is 20.8. The van der Waals surface area contributed by atoms with Gasteiger partial charge in [-0.3, -0.25) is 4.79 Å². The van der Waals surface area contributed by atoms with E-state index in [4.69, 9.17) is 4.74 Å². The molecule has 3 heterocycles. The summed E-state index contributed by atoms with van der Waals surface area (Å²) in [6.07, 6.45) is -3.95. The monoisotopic (exact) mass is 438 g/mol. The predicted molar refractivity (Wildman–Crippen MR) is 92.9 cm³/mol. The Kier molecular flexibility index (Phi) is 5.82. The summed E-state index contributed by atoms with van der Waals surface area (Å²) in [7, 11) is -3.81. The van der Waals surface area contributed by atoms with E-state index in [1.165, 1.54) is 16.4 Å². The molecule has 0 aromatic carbocycles. The van der Waals surface area contributed by atoms with Crippen LogP contribution in [0.25, 0.3) is 10.6 Å². The molecule has 0 atom stereocenters. The first-order valence-electron chi connectivity index (χ1n) is 8.44. The first-order valence-corrected chi connectivity index (χ1v) is 10.7. The quantitative estimate of drug-likeness (QED) is 0.665. The first-order chi connectivity index (χ1) is 13.1. The molecule has 28 heavy (non-hydrogen) atoms. The highest BCUT2D eigenvalue weighted by molar-refractivity contribution is 7.91. The minimum atomic E-state index is -4.67. The van der Waals surface area contributed by atoms with Crippen LogP contribution in [-0.4, -0.2) is 43.5 Å². The summed E-state index contributed by atoms with van der Waals surface area (Å²) < 4.78 is 74.0. The van der Waals surface area contributed by atoms with Gasteiger partial charge in [0.25, 0.3) is 10.0 Å². The minimum absolute atomic E-state index is 0.00589. The number of rotatable bonds is 5. The predicted octanol–water partition coefficient (Wildman–Crippen LogP) is 3.39. The molecule has 0 unspecified atom stereocenters. The zero-order valence-corrected chi connectivity index (χ0v) is 16.4. The Balaban J connectivity index is 1.72. The molecular formula is C16H17F3N2O5S2. The van der Waals surface area contributed by atoms with Crippen LogP contribution in [0.2, 0.25) is 0 Å². The smallest absolute Gasteiger partial charge is 0.452 e. The molecule has 1 saturated heterocycles. The number of hydrogen-bond donors (Lipinski definition) is 0. The molecule has 1 aliphatic rings. The molecule has 0 saturated carbocycles. The Morgan fingerprint density at radius 3 is 2.61 bits per heavy atom. The number of aromatic nitrogens is 1. The number of ether oxygens (including phenoxy) is 1. The maximum atomic E-state index is 12.8. The largest absolute Gasteiger partial charge is 0.466 e. The number of sulfonamides is 1. The van der Waals surface area contributed by atoms with Crippen LogP contribution in [0.4, 0.5) is 13.2 Å². The molecule has 0 aliphatic carbocycles. The Morgan fingerprint density at radius 2 is 2.04 bits per heavy atom. The van der Waals surface area contributed by atoms with Gasteiger partial charge in [-0.05, 0) is 31.9 Å². The van der Waals surface area contributed by atoms with Crippen LogP contribution >= 0.6 is 11.3 Å². The van der Waals surface area contributed by atoms with Gasteiger partial charge >= 0.3 is 12.1 Å². The van der Waals surface area contributed by atoms with Crippen molar-refractivity contribution < 1.29 is 35.6 Å². The normalized spacial score (nSPS) is 17.0. The number of carbonyl (C=O) groups excluding carboxylic acids is 1. The van der Waals surface area contributed by atoms with Crippen molar-refractivity contribution >= 4 is 27.3 Å². The summed E-state index contributed by atoms with van der Waals surface area (Å²) >= 11 is 0.815. The van der Waals surface area contributed by atoms with Crippen molar-refractivity contribution in [1.29, 1.82) is 0 Å². The second-order valence-electron chi connectivity index (χ2n) is 6.12. The molecule has 154 valence electrons. The van der Waals surface area contributed by atoms with E-state index in [9.17, 15) is 26.4 Å². The second-order valence-corrected chi connectivity index (χ2v) is 9.37. The molecule has 12 heteroatoms. The van der Waals surface area contributed by atoms with Crippen molar-refractivity contribution in [3.05, 3.63) is 24.0 Å². The van der Waals surface area contributed by atoms with Gasteiger partial charge in [0.15, 0.2) is 0 Å². The summed E-state index contributed by atoms with van der Waals surface area (Å²) in [5.41, 5.74) is -0.0835. The number of thiophene rings is 1. The van der Waals surface area contributed by atoms with E-state index in [0.717, 1.165) is 17.4 Å². The molecule has 1 aliphatic heterocycles. The molecule has 7 nitrogen and oxygen atoms in total. The number of alkyl halides is 3. The summed E-state index contributed by atoms with van der Waals surface area (Å²) in [6, 6.07) is 3.45. The summed E-state index contributed by atoms with van der Waals surface area (Å²) in [5, 5.41) is 3.36. The molecule has 2 aromatic rings.